The summed E-state index contributed by atoms with van der Waals surface area (Å²) < 4.78 is 43.5. The summed E-state index contributed by atoms with van der Waals surface area (Å²) in [6.45, 7) is 0.490. The maximum Gasteiger partial charge on any atom is 0.258 e. The van der Waals surface area contributed by atoms with Crippen molar-refractivity contribution in [1.82, 2.24) is 14.1 Å². The van der Waals surface area contributed by atoms with Crippen molar-refractivity contribution in [2.75, 3.05) is 11.4 Å². The first-order valence-electron chi connectivity index (χ1n) is 11.7. The molecule has 0 atom stereocenters. The van der Waals surface area contributed by atoms with Crippen LogP contribution in [0, 0.1) is 5.82 Å². The Labute approximate surface area is 219 Å². The molecule has 2 heterocycles. The number of hydrogen-bond acceptors (Lipinski definition) is 4. The zero-order chi connectivity index (χ0) is 26.2. The fraction of sp³-hybridized carbons (Fsp3) is 0.185. The highest BCUT2D eigenvalue weighted by atomic mass is 35.5. The Morgan fingerprint density at radius 1 is 1.05 bits per heavy atom. The Bertz CT molecular complexity index is 1560. The molecule has 37 heavy (non-hydrogen) atoms. The first kappa shape index (κ1) is 25.1. The summed E-state index contributed by atoms with van der Waals surface area (Å²) in [5.41, 5.74) is 3.53. The second-order valence-electron chi connectivity index (χ2n) is 8.75. The third kappa shape index (κ3) is 4.90. The lowest BCUT2D eigenvalue weighted by molar-refractivity contribution is 0.0984. The standard InChI is InChI=1S/C27H24ClFN4O3S/c1-31-26-14-15-32(37(35,36)21-12-13-24(29)23(28)16-21)17-22(26)25(30-31)18-33(20-10-6-3-7-11-20)27(34)19-8-4-2-5-9-19/h2-13,16H,14-15,17-18H2,1H3. The van der Waals surface area contributed by atoms with Crippen LogP contribution >= 0.6 is 11.6 Å². The van der Waals surface area contributed by atoms with Crippen molar-refractivity contribution in [3.05, 3.63) is 112 Å². The molecule has 4 aromatic rings. The van der Waals surface area contributed by atoms with Crippen LogP contribution in [-0.2, 0) is 36.6 Å². The molecule has 1 aliphatic heterocycles. The Kier molecular flexibility index (Phi) is 6.85. The quantitative estimate of drug-likeness (QED) is 0.353. The normalized spacial score (nSPS) is 13.8. The highest BCUT2D eigenvalue weighted by Gasteiger charge is 2.33. The van der Waals surface area contributed by atoms with Crippen molar-refractivity contribution in [2.45, 2.75) is 24.4 Å². The van der Waals surface area contributed by atoms with Crippen LogP contribution < -0.4 is 4.90 Å². The molecule has 0 saturated carbocycles. The lowest BCUT2D eigenvalue weighted by Gasteiger charge is -2.28. The first-order valence-corrected chi connectivity index (χ1v) is 13.5. The van der Waals surface area contributed by atoms with E-state index in [0.29, 0.717) is 23.4 Å². The smallest absolute Gasteiger partial charge is 0.258 e. The van der Waals surface area contributed by atoms with E-state index in [1.54, 1.807) is 21.7 Å². The molecule has 1 aromatic heterocycles. The number of nitrogens with zero attached hydrogens (tertiary/aromatic N) is 4. The molecular weight excluding hydrogens is 515 g/mol. The minimum absolute atomic E-state index is 0.0713. The largest absolute Gasteiger partial charge is 0.302 e. The number of hydrogen-bond donors (Lipinski definition) is 0. The number of carbonyl (C=O) groups excluding carboxylic acids is 1. The van der Waals surface area contributed by atoms with Crippen molar-refractivity contribution < 1.29 is 17.6 Å². The van der Waals surface area contributed by atoms with Crippen LogP contribution in [0.5, 0.6) is 0 Å². The third-order valence-corrected chi connectivity index (χ3v) is 8.59. The van der Waals surface area contributed by atoms with E-state index in [0.717, 1.165) is 23.4 Å². The zero-order valence-corrected chi connectivity index (χ0v) is 21.6. The van der Waals surface area contributed by atoms with Gasteiger partial charge in [-0.1, -0.05) is 48.0 Å². The van der Waals surface area contributed by atoms with E-state index >= 15 is 0 Å². The average molecular weight is 539 g/mol. The van der Waals surface area contributed by atoms with Gasteiger partial charge in [0, 0.05) is 49.1 Å². The van der Waals surface area contributed by atoms with Gasteiger partial charge in [0.05, 0.1) is 22.2 Å². The molecule has 0 spiro atoms. The Hall–Kier alpha value is -3.53. The fourth-order valence-corrected chi connectivity index (χ4v) is 6.22. The molecule has 10 heteroatoms. The van der Waals surface area contributed by atoms with E-state index < -0.39 is 15.8 Å². The van der Waals surface area contributed by atoms with E-state index in [1.165, 1.54) is 10.4 Å². The number of aromatic nitrogens is 2. The van der Waals surface area contributed by atoms with Crippen molar-refractivity contribution >= 4 is 33.2 Å². The van der Waals surface area contributed by atoms with Crippen LogP contribution in [0.15, 0.2) is 83.8 Å². The predicted octanol–water partition coefficient (Wildman–Crippen LogP) is 4.81. The number of carbonyl (C=O) groups is 1. The maximum atomic E-state index is 13.6. The van der Waals surface area contributed by atoms with Crippen LogP contribution in [0.25, 0.3) is 0 Å². The average Bonchev–Trinajstić information content (AvgIpc) is 3.23. The fourth-order valence-electron chi connectivity index (χ4n) is 4.54. The number of fused-ring (bicyclic) bond motifs is 1. The maximum absolute atomic E-state index is 13.6. The Morgan fingerprint density at radius 2 is 1.73 bits per heavy atom. The van der Waals surface area contributed by atoms with Gasteiger partial charge in [0.1, 0.15) is 5.82 Å². The summed E-state index contributed by atoms with van der Waals surface area (Å²) in [4.78, 5) is 15.1. The van der Waals surface area contributed by atoms with E-state index in [1.807, 2.05) is 55.6 Å². The van der Waals surface area contributed by atoms with E-state index in [9.17, 15) is 17.6 Å². The molecule has 5 rings (SSSR count). The Morgan fingerprint density at radius 3 is 2.41 bits per heavy atom. The summed E-state index contributed by atoms with van der Waals surface area (Å²) in [5.74, 6) is -0.868. The van der Waals surface area contributed by atoms with Crippen LogP contribution in [0.3, 0.4) is 0 Å². The number of para-hydroxylation sites is 1. The van der Waals surface area contributed by atoms with Gasteiger partial charge in [-0.15, -0.1) is 0 Å². The highest BCUT2D eigenvalue weighted by molar-refractivity contribution is 7.89. The number of sulfonamides is 1. The molecule has 0 radical (unpaired) electrons. The lowest BCUT2D eigenvalue weighted by atomic mass is 10.1. The molecule has 0 unspecified atom stereocenters. The van der Waals surface area contributed by atoms with Gasteiger partial charge >= 0.3 is 0 Å². The van der Waals surface area contributed by atoms with Crippen LogP contribution in [-0.4, -0.2) is 35.0 Å². The molecule has 3 aromatic carbocycles. The minimum Gasteiger partial charge on any atom is -0.302 e. The number of aryl methyl sites for hydroxylation is 1. The monoisotopic (exact) mass is 538 g/mol. The number of rotatable bonds is 6. The molecule has 1 amide bonds. The first-order chi connectivity index (χ1) is 17.8. The number of benzene rings is 3. The van der Waals surface area contributed by atoms with Crippen molar-refractivity contribution in [3.8, 4) is 0 Å². The van der Waals surface area contributed by atoms with Crippen molar-refractivity contribution in [1.29, 1.82) is 0 Å². The van der Waals surface area contributed by atoms with Gasteiger partial charge in [0.2, 0.25) is 10.0 Å². The molecule has 0 aliphatic carbocycles. The zero-order valence-electron chi connectivity index (χ0n) is 20.0. The summed E-state index contributed by atoms with van der Waals surface area (Å²) >= 11 is 5.86. The predicted molar refractivity (Wildman–Crippen MR) is 139 cm³/mol. The third-order valence-electron chi connectivity index (χ3n) is 6.46. The highest BCUT2D eigenvalue weighted by Crippen LogP contribution is 2.30. The lowest BCUT2D eigenvalue weighted by Crippen LogP contribution is -2.37. The van der Waals surface area contributed by atoms with Crippen molar-refractivity contribution in [2.24, 2.45) is 7.05 Å². The molecule has 0 bridgehead atoms. The summed E-state index contributed by atoms with van der Waals surface area (Å²) in [6, 6.07) is 21.7. The van der Waals surface area contributed by atoms with Crippen molar-refractivity contribution in [3.63, 3.8) is 0 Å². The summed E-state index contributed by atoms with van der Waals surface area (Å²) in [5, 5.41) is 4.43. The van der Waals surface area contributed by atoms with Crippen LogP contribution in [0.1, 0.15) is 27.3 Å². The van der Waals surface area contributed by atoms with Crippen LogP contribution in [0.4, 0.5) is 10.1 Å². The molecule has 0 N–H and O–H groups in total. The van der Waals surface area contributed by atoms with Gasteiger partial charge in [-0.05, 0) is 42.5 Å². The van der Waals surface area contributed by atoms with Gasteiger partial charge in [-0.2, -0.15) is 9.40 Å². The van der Waals surface area contributed by atoms with E-state index in [-0.39, 0.29) is 35.5 Å². The second-order valence-corrected chi connectivity index (χ2v) is 11.1. The molecule has 190 valence electrons. The summed E-state index contributed by atoms with van der Waals surface area (Å²) in [6.07, 6.45) is 0.449. The number of amides is 1. The SMILES string of the molecule is Cn1nc(CN(C(=O)c2ccccc2)c2ccccc2)c2c1CCN(S(=O)(=O)c1ccc(F)c(Cl)c1)C2. The summed E-state index contributed by atoms with van der Waals surface area (Å²) in [7, 11) is -2.11. The van der Waals surface area contributed by atoms with E-state index in [2.05, 4.69) is 5.10 Å². The molecule has 1 aliphatic rings. The van der Waals surface area contributed by atoms with Gasteiger partial charge in [-0.25, -0.2) is 12.8 Å². The minimum atomic E-state index is -3.93. The number of anilines is 1. The van der Waals surface area contributed by atoms with Gasteiger partial charge < -0.3 is 4.90 Å². The molecular formula is C27H24ClFN4O3S. The second kappa shape index (κ2) is 10.1. The molecule has 7 nitrogen and oxygen atoms in total. The Balaban J connectivity index is 1.49. The van der Waals surface area contributed by atoms with E-state index in [4.69, 9.17) is 11.6 Å². The van der Waals surface area contributed by atoms with Gasteiger partial charge in [0.25, 0.3) is 5.91 Å². The molecule has 0 saturated heterocycles. The number of halogens is 2. The molecule has 0 fully saturated rings. The topological polar surface area (TPSA) is 75.5 Å². The van der Waals surface area contributed by atoms with Gasteiger partial charge in [-0.3, -0.25) is 9.48 Å². The van der Waals surface area contributed by atoms with Gasteiger partial charge in [0.15, 0.2) is 0 Å². The van der Waals surface area contributed by atoms with Crippen LogP contribution in [0.2, 0.25) is 5.02 Å².